The van der Waals surface area contributed by atoms with E-state index in [4.69, 9.17) is 0 Å². The van der Waals surface area contributed by atoms with Crippen molar-refractivity contribution in [2.24, 2.45) is 0 Å². The van der Waals surface area contributed by atoms with Gasteiger partial charge < -0.3 is 4.90 Å². The van der Waals surface area contributed by atoms with Crippen LogP contribution in [0.5, 0.6) is 0 Å². The second-order valence-electron chi connectivity index (χ2n) is 5.00. The number of likely N-dealkylation sites (tertiary alicyclic amines) is 1. The van der Waals surface area contributed by atoms with E-state index in [1.54, 1.807) is 0 Å². The predicted molar refractivity (Wildman–Crippen MR) is 81.1 cm³/mol. The van der Waals surface area contributed by atoms with Crippen molar-refractivity contribution in [2.45, 2.75) is 52.4 Å². The Balaban J connectivity index is 0.000000771. The van der Waals surface area contributed by atoms with Crippen molar-refractivity contribution in [1.29, 1.82) is 0 Å². The van der Waals surface area contributed by atoms with E-state index in [0.29, 0.717) is 5.92 Å². The Kier molecular flexibility index (Phi) is 7.75. The lowest BCUT2D eigenvalue weighted by molar-refractivity contribution is 0.222. The summed E-state index contributed by atoms with van der Waals surface area (Å²) in [5.41, 5.74) is 1.49. The molecule has 0 N–H and O–H groups in total. The molecular weight excluding hydrogens is 218 g/mol. The zero-order valence-corrected chi connectivity index (χ0v) is 12.4. The minimum absolute atomic E-state index is 0.697. The molecule has 1 aliphatic heterocycles. The van der Waals surface area contributed by atoms with Gasteiger partial charge in [-0.2, -0.15) is 0 Å². The van der Waals surface area contributed by atoms with Crippen molar-refractivity contribution in [3.05, 3.63) is 35.9 Å². The van der Waals surface area contributed by atoms with Crippen molar-refractivity contribution >= 4 is 0 Å². The molecule has 0 saturated carbocycles. The molecule has 1 nitrogen and oxygen atoms in total. The molecule has 1 unspecified atom stereocenters. The van der Waals surface area contributed by atoms with E-state index in [9.17, 15) is 0 Å². The molecule has 0 bridgehead atoms. The van der Waals surface area contributed by atoms with E-state index in [1.807, 2.05) is 13.8 Å². The Bertz CT molecular complexity index is 288. The molecule has 1 heterocycles. The van der Waals surface area contributed by atoms with E-state index in [1.165, 1.54) is 50.9 Å². The van der Waals surface area contributed by atoms with Crippen LogP contribution < -0.4 is 0 Å². The Morgan fingerprint density at radius 3 is 2.22 bits per heavy atom. The van der Waals surface area contributed by atoms with Crippen LogP contribution in [-0.4, -0.2) is 24.5 Å². The zero-order valence-electron chi connectivity index (χ0n) is 12.4. The van der Waals surface area contributed by atoms with Crippen LogP contribution in [0.1, 0.15) is 57.9 Å². The average molecular weight is 247 g/mol. The minimum atomic E-state index is 0.697. The van der Waals surface area contributed by atoms with Gasteiger partial charge in [-0.15, -0.1) is 0 Å². The molecule has 1 saturated heterocycles. The van der Waals surface area contributed by atoms with Gasteiger partial charge in [0.25, 0.3) is 0 Å². The van der Waals surface area contributed by atoms with Gasteiger partial charge in [-0.25, -0.2) is 0 Å². The van der Waals surface area contributed by atoms with Gasteiger partial charge in [0, 0.05) is 0 Å². The Hall–Kier alpha value is -0.820. The van der Waals surface area contributed by atoms with Crippen molar-refractivity contribution in [2.75, 3.05) is 19.6 Å². The fraction of sp³-hybridized carbons (Fsp3) is 0.647. The third kappa shape index (κ3) is 5.22. The molecular formula is C17H29N. The number of piperidine rings is 1. The fourth-order valence-corrected chi connectivity index (χ4v) is 2.51. The van der Waals surface area contributed by atoms with Crippen molar-refractivity contribution in [3.8, 4) is 0 Å². The Morgan fingerprint density at radius 1 is 1.00 bits per heavy atom. The molecule has 2 rings (SSSR count). The Labute approximate surface area is 113 Å². The summed E-state index contributed by atoms with van der Waals surface area (Å²) in [5, 5.41) is 0. The summed E-state index contributed by atoms with van der Waals surface area (Å²) in [6.45, 7) is 10.3. The largest absolute Gasteiger partial charge is 0.303 e. The monoisotopic (exact) mass is 247 g/mol. The lowest BCUT2D eigenvalue weighted by Gasteiger charge is -2.27. The van der Waals surface area contributed by atoms with E-state index in [0.717, 1.165) is 0 Å². The highest BCUT2D eigenvalue weighted by atomic mass is 15.1. The molecule has 1 aromatic rings. The first-order valence-electron chi connectivity index (χ1n) is 7.63. The lowest BCUT2D eigenvalue weighted by atomic mass is 9.97. The molecule has 0 aromatic heterocycles. The van der Waals surface area contributed by atoms with E-state index in [-0.39, 0.29) is 0 Å². The van der Waals surface area contributed by atoms with Gasteiger partial charge in [0.2, 0.25) is 0 Å². The number of hydrogen-bond donors (Lipinski definition) is 0. The SMILES string of the molecule is CC.CC(CCN1CCCCC1)c1ccccc1. The maximum atomic E-state index is 2.63. The number of rotatable bonds is 4. The van der Waals surface area contributed by atoms with Crippen LogP contribution in [0.3, 0.4) is 0 Å². The molecule has 102 valence electrons. The summed E-state index contributed by atoms with van der Waals surface area (Å²) in [7, 11) is 0. The van der Waals surface area contributed by atoms with Gasteiger partial charge in [-0.3, -0.25) is 0 Å². The number of benzene rings is 1. The molecule has 1 fully saturated rings. The van der Waals surface area contributed by atoms with E-state index >= 15 is 0 Å². The van der Waals surface area contributed by atoms with Crippen molar-refractivity contribution < 1.29 is 0 Å². The summed E-state index contributed by atoms with van der Waals surface area (Å²) in [5.74, 6) is 0.697. The first kappa shape index (κ1) is 15.2. The molecule has 1 heteroatoms. The van der Waals surface area contributed by atoms with Crippen LogP contribution in [0, 0.1) is 0 Å². The van der Waals surface area contributed by atoms with E-state index in [2.05, 4.69) is 42.2 Å². The number of hydrogen-bond acceptors (Lipinski definition) is 1. The quantitative estimate of drug-likeness (QED) is 0.746. The van der Waals surface area contributed by atoms with Gasteiger partial charge in [-0.05, 0) is 50.4 Å². The normalized spacial score (nSPS) is 17.7. The summed E-state index contributed by atoms with van der Waals surface area (Å²) < 4.78 is 0. The smallest absolute Gasteiger partial charge is 0.00130 e. The van der Waals surface area contributed by atoms with E-state index < -0.39 is 0 Å². The molecule has 0 aliphatic carbocycles. The van der Waals surface area contributed by atoms with Gasteiger partial charge in [-0.1, -0.05) is 57.5 Å². The summed E-state index contributed by atoms with van der Waals surface area (Å²) in [4.78, 5) is 2.63. The Morgan fingerprint density at radius 2 is 1.61 bits per heavy atom. The molecule has 0 amide bonds. The van der Waals surface area contributed by atoms with Gasteiger partial charge >= 0.3 is 0 Å². The minimum Gasteiger partial charge on any atom is -0.303 e. The van der Waals surface area contributed by atoms with Gasteiger partial charge in [0.05, 0.1) is 0 Å². The maximum absolute atomic E-state index is 2.63. The highest BCUT2D eigenvalue weighted by molar-refractivity contribution is 5.18. The lowest BCUT2D eigenvalue weighted by Crippen LogP contribution is -2.31. The first-order valence-corrected chi connectivity index (χ1v) is 7.63. The summed E-state index contributed by atoms with van der Waals surface area (Å²) in [6.07, 6.45) is 5.54. The fourth-order valence-electron chi connectivity index (χ4n) is 2.51. The second-order valence-corrected chi connectivity index (χ2v) is 5.00. The second kappa shape index (κ2) is 9.16. The van der Waals surface area contributed by atoms with Gasteiger partial charge in [0.15, 0.2) is 0 Å². The van der Waals surface area contributed by atoms with Crippen LogP contribution in [0.25, 0.3) is 0 Å². The topological polar surface area (TPSA) is 3.24 Å². The highest BCUT2D eigenvalue weighted by Gasteiger charge is 2.11. The average Bonchev–Trinajstić information content (AvgIpc) is 2.49. The van der Waals surface area contributed by atoms with Crippen molar-refractivity contribution in [3.63, 3.8) is 0 Å². The van der Waals surface area contributed by atoms with Gasteiger partial charge in [0.1, 0.15) is 0 Å². The van der Waals surface area contributed by atoms with Crippen LogP contribution in [0.2, 0.25) is 0 Å². The van der Waals surface area contributed by atoms with Crippen LogP contribution in [0.15, 0.2) is 30.3 Å². The molecule has 1 aromatic carbocycles. The standard InChI is InChI=1S/C15H23N.C2H6/c1-14(15-8-4-2-5-9-15)10-13-16-11-6-3-7-12-16;1-2/h2,4-5,8-9,14H,3,6-7,10-13H2,1H3;1-2H3. The molecule has 18 heavy (non-hydrogen) atoms. The third-order valence-electron chi connectivity index (χ3n) is 3.70. The van der Waals surface area contributed by atoms with Crippen LogP contribution in [0.4, 0.5) is 0 Å². The third-order valence-corrected chi connectivity index (χ3v) is 3.70. The first-order chi connectivity index (χ1) is 8.86. The summed E-state index contributed by atoms with van der Waals surface area (Å²) in [6, 6.07) is 10.9. The van der Waals surface area contributed by atoms with Crippen LogP contribution >= 0.6 is 0 Å². The van der Waals surface area contributed by atoms with Crippen molar-refractivity contribution in [1.82, 2.24) is 4.90 Å². The maximum Gasteiger partial charge on any atom is -0.00130 e. The number of nitrogens with zero attached hydrogens (tertiary/aromatic N) is 1. The molecule has 0 radical (unpaired) electrons. The molecule has 1 atom stereocenters. The molecule has 1 aliphatic rings. The summed E-state index contributed by atoms with van der Waals surface area (Å²) >= 11 is 0. The zero-order chi connectivity index (χ0) is 13.2. The predicted octanol–water partition coefficient (Wildman–Crippen LogP) is 4.69. The van der Waals surface area contributed by atoms with Crippen LogP contribution in [-0.2, 0) is 0 Å². The highest BCUT2D eigenvalue weighted by Crippen LogP contribution is 2.19. The molecule has 0 spiro atoms.